The highest BCUT2D eigenvalue weighted by Gasteiger charge is 2.41. The zero-order valence-corrected chi connectivity index (χ0v) is 15.5. The van der Waals surface area contributed by atoms with Crippen LogP contribution in [0.3, 0.4) is 0 Å². The van der Waals surface area contributed by atoms with Crippen molar-refractivity contribution in [2.75, 3.05) is 0 Å². The number of carbonyl (C=O) groups excluding carboxylic acids is 1. The second-order valence-electron chi connectivity index (χ2n) is 5.74. The lowest BCUT2D eigenvalue weighted by molar-refractivity contribution is -0.149. The number of nitrogens with zero attached hydrogens (tertiary/aromatic N) is 2. The van der Waals surface area contributed by atoms with Crippen molar-refractivity contribution < 1.29 is 27.1 Å². The van der Waals surface area contributed by atoms with Gasteiger partial charge in [0.1, 0.15) is 9.96 Å². The molecule has 1 aromatic rings. The molecule has 0 amide bonds. The van der Waals surface area contributed by atoms with Crippen LogP contribution in [0.5, 0.6) is 0 Å². The molecule has 2 rings (SSSR count). The third-order valence-corrected chi connectivity index (χ3v) is 6.57. The molecule has 0 bridgehead atoms. The van der Waals surface area contributed by atoms with E-state index in [-0.39, 0.29) is 15.8 Å². The topological polar surface area (TPSA) is 61.2 Å². The van der Waals surface area contributed by atoms with Crippen LogP contribution in [-0.2, 0) is 15.7 Å². The molecule has 0 saturated heterocycles. The molecule has 11 heteroatoms. The quantitative estimate of drug-likeness (QED) is 0.457. The molecule has 2 heterocycles. The van der Waals surface area contributed by atoms with E-state index in [1.54, 1.807) is 6.92 Å². The Balaban J connectivity index is 2.52. The molecular weight excluding hydrogens is 400 g/mol. The number of carbonyl (C=O) groups is 1. The molecular formula is C15H15ClF4N2O3S. The zero-order chi connectivity index (χ0) is 19.9. The summed E-state index contributed by atoms with van der Waals surface area (Å²) < 4.78 is 58.3. The van der Waals surface area contributed by atoms with Crippen molar-refractivity contribution in [1.29, 1.82) is 0 Å². The molecule has 0 fully saturated rings. The minimum atomic E-state index is -4.76. The Morgan fingerprint density at radius 2 is 2.00 bits per heavy atom. The van der Waals surface area contributed by atoms with Crippen molar-refractivity contribution in [3.63, 3.8) is 0 Å². The van der Waals surface area contributed by atoms with Crippen molar-refractivity contribution in [1.82, 2.24) is 9.78 Å². The van der Waals surface area contributed by atoms with E-state index in [0.717, 1.165) is 6.08 Å². The van der Waals surface area contributed by atoms with Crippen molar-refractivity contribution in [2.45, 2.75) is 38.3 Å². The highest BCUT2D eigenvalue weighted by Crippen LogP contribution is 2.62. The van der Waals surface area contributed by atoms with Gasteiger partial charge in [-0.1, -0.05) is 18.5 Å². The lowest BCUT2D eigenvalue weighted by atomic mass is 10.3. The highest BCUT2D eigenvalue weighted by atomic mass is 35.5. The summed E-state index contributed by atoms with van der Waals surface area (Å²) in [5, 5.41) is 3.12. The Bertz CT molecular complexity index is 861. The first-order chi connectivity index (χ1) is 11.9. The fraction of sp³-hybridized carbons (Fsp3) is 0.400. The van der Waals surface area contributed by atoms with Crippen LogP contribution in [0, 0.1) is 0 Å². The Morgan fingerprint density at radius 1 is 1.38 bits per heavy atom. The minimum absolute atomic E-state index is 0.00463. The molecule has 26 heavy (non-hydrogen) atoms. The molecule has 0 saturated carbocycles. The zero-order valence-electron chi connectivity index (χ0n) is 13.9. The molecule has 0 N–H and O–H groups in total. The van der Waals surface area contributed by atoms with Crippen LogP contribution in [0.4, 0.5) is 17.6 Å². The van der Waals surface area contributed by atoms with Gasteiger partial charge in [0.15, 0.2) is 5.83 Å². The second-order valence-corrected chi connectivity index (χ2v) is 9.06. The van der Waals surface area contributed by atoms with E-state index in [9.17, 15) is 27.2 Å². The van der Waals surface area contributed by atoms with Crippen LogP contribution >= 0.6 is 22.5 Å². The van der Waals surface area contributed by atoms with Gasteiger partial charge in [-0.3, -0.25) is 9.59 Å². The predicted molar refractivity (Wildman–Crippen MR) is 91.2 cm³/mol. The fourth-order valence-corrected chi connectivity index (χ4v) is 5.50. The number of ether oxygens (including phenoxy) is 1. The van der Waals surface area contributed by atoms with Crippen LogP contribution in [0.25, 0.3) is 5.03 Å². The predicted octanol–water partition coefficient (Wildman–Crippen LogP) is 4.14. The number of halogens is 5. The van der Waals surface area contributed by atoms with Gasteiger partial charge in [-0.15, -0.1) is 10.9 Å². The van der Waals surface area contributed by atoms with Crippen LogP contribution in [0.1, 0.15) is 32.8 Å². The summed E-state index contributed by atoms with van der Waals surface area (Å²) >= 11 is 6.08. The van der Waals surface area contributed by atoms with Gasteiger partial charge in [0.25, 0.3) is 5.56 Å². The van der Waals surface area contributed by atoms with Crippen LogP contribution in [0.15, 0.2) is 33.3 Å². The smallest absolute Gasteiger partial charge is 0.418 e. The highest BCUT2D eigenvalue weighted by molar-refractivity contribution is 8.30. The Labute approximate surface area is 153 Å². The molecule has 1 unspecified atom stereocenters. The SMILES string of the molecule is CCC(=O)OC(C)(C)[SH]1C(Cl)=CC(F)=C1n1ncc(C(F)(F)F)cc1=O. The fourth-order valence-electron chi connectivity index (χ4n) is 2.27. The largest absolute Gasteiger partial charge is 0.450 e. The maximum absolute atomic E-state index is 14.4. The number of aromatic nitrogens is 2. The normalized spacial score (nSPS) is 19.5. The average Bonchev–Trinajstić information content (AvgIpc) is 2.80. The minimum Gasteiger partial charge on any atom is -0.450 e. The first-order valence-corrected chi connectivity index (χ1v) is 9.06. The standard InChI is InChI=1S/C15H15ClF4N2O3S/c1-4-12(24)25-14(2,3)26-10(16)6-9(17)13(26)22-11(23)5-8(7-21-22)15(18,19)20/h5-7,26H,4H2,1-3H3. The van der Waals surface area contributed by atoms with E-state index in [0.29, 0.717) is 16.9 Å². The average molecular weight is 415 g/mol. The van der Waals surface area contributed by atoms with Crippen molar-refractivity contribution in [3.8, 4) is 0 Å². The monoisotopic (exact) mass is 414 g/mol. The Morgan fingerprint density at radius 3 is 2.50 bits per heavy atom. The van der Waals surface area contributed by atoms with E-state index in [1.165, 1.54) is 13.8 Å². The van der Waals surface area contributed by atoms with Gasteiger partial charge in [-0.05, 0) is 13.8 Å². The van der Waals surface area contributed by atoms with Crippen molar-refractivity contribution in [2.24, 2.45) is 0 Å². The third kappa shape index (κ3) is 3.96. The maximum atomic E-state index is 14.4. The molecule has 0 aliphatic carbocycles. The van der Waals surface area contributed by atoms with E-state index in [1.807, 2.05) is 0 Å². The van der Waals surface area contributed by atoms with Gasteiger partial charge < -0.3 is 4.74 Å². The number of thiol groups is 1. The first-order valence-electron chi connectivity index (χ1n) is 7.34. The summed E-state index contributed by atoms with van der Waals surface area (Å²) in [5.74, 6) is -1.49. The van der Waals surface area contributed by atoms with Gasteiger partial charge in [0, 0.05) is 18.6 Å². The maximum Gasteiger partial charge on any atom is 0.418 e. The summed E-state index contributed by atoms with van der Waals surface area (Å²) in [5.41, 5.74) is -2.42. The van der Waals surface area contributed by atoms with Crippen molar-refractivity contribution in [3.05, 3.63) is 44.4 Å². The summed E-state index contributed by atoms with van der Waals surface area (Å²) in [4.78, 5) is 22.5. The van der Waals surface area contributed by atoms with E-state index in [4.69, 9.17) is 16.3 Å². The molecule has 1 atom stereocenters. The summed E-state index contributed by atoms with van der Waals surface area (Å²) in [6, 6.07) is 0.318. The number of allylic oxidation sites excluding steroid dienone is 2. The lowest BCUT2D eigenvalue weighted by Gasteiger charge is -2.36. The van der Waals surface area contributed by atoms with Gasteiger partial charge >= 0.3 is 12.1 Å². The van der Waals surface area contributed by atoms with E-state index < -0.39 is 44.9 Å². The molecule has 1 aliphatic heterocycles. The second kappa shape index (κ2) is 7.07. The summed E-state index contributed by atoms with van der Waals surface area (Å²) in [6.07, 6.45) is -3.33. The number of hydrogen-bond acceptors (Lipinski definition) is 4. The van der Waals surface area contributed by atoms with Crippen LogP contribution in [-0.4, -0.2) is 20.7 Å². The molecule has 5 nitrogen and oxygen atoms in total. The molecule has 0 radical (unpaired) electrons. The molecule has 144 valence electrons. The van der Waals surface area contributed by atoms with E-state index >= 15 is 0 Å². The van der Waals surface area contributed by atoms with Gasteiger partial charge in [-0.25, -0.2) is 4.39 Å². The Hall–Kier alpha value is -1.81. The number of alkyl halides is 3. The molecule has 0 aromatic carbocycles. The van der Waals surface area contributed by atoms with Gasteiger partial charge in [-0.2, -0.15) is 23.0 Å². The lowest BCUT2D eigenvalue weighted by Crippen LogP contribution is -2.31. The van der Waals surface area contributed by atoms with Gasteiger partial charge in [0.2, 0.25) is 0 Å². The molecule has 1 aromatic heterocycles. The Kier molecular flexibility index (Phi) is 5.57. The number of rotatable bonds is 4. The number of esters is 1. The molecule has 1 aliphatic rings. The van der Waals surface area contributed by atoms with Crippen LogP contribution in [0.2, 0.25) is 0 Å². The third-order valence-electron chi connectivity index (χ3n) is 3.40. The van der Waals surface area contributed by atoms with Crippen molar-refractivity contribution >= 4 is 33.5 Å². The molecule has 0 spiro atoms. The van der Waals surface area contributed by atoms with E-state index in [2.05, 4.69) is 5.10 Å². The van der Waals surface area contributed by atoms with Gasteiger partial charge in [0.05, 0.1) is 16.1 Å². The summed E-state index contributed by atoms with van der Waals surface area (Å²) in [6.45, 7) is 4.53. The number of hydrogen-bond donors (Lipinski definition) is 1. The first kappa shape index (κ1) is 20.5. The van der Waals surface area contributed by atoms with Crippen LogP contribution < -0.4 is 5.56 Å². The summed E-state index contributed by atoms with van der Waals surface area (Å²) in [7, 11) is -1.91.